The predicted octanol–water partition coefficient (Wildman–Crippen LogP) is 3.72. The van der Waals surface area contributed by atoms with E-state index in [1.165, 1.54) is 32.1 Å². The van der Waals surface area contributed by atoms with Gasteiger partial charge in [-0.2, -0.15) is 0 Å². The summed E-state index contributed by atoms with van der Waals surface area (Å²) < 4.78 is 34.4. The summed E-state index contributed by atoms with van der Waals surface area (Å²) in [6.45, 7) is 4.33. The van der Waals surface area contributed by atoms with Crippen molar-refractivity contribution in [1.29, 1.82) is 0 Å². The molecule has 6 heteroatoms. The summed E-state index contributed by atoms with van der Waals surface area (Å²) in [6, 6.07) is 0. The van der Waals surface area contributed by atoms with E-state index in [2.05, 4.69) is 13.8 Å². The van der Waals surface area contributed by atoms with Crippen molar-refractivity contribution in [3.8, 4) is 0 Å². The predicted molar refractivity (Wildman–Crippen MR) is 119 cm³/mol. The smallest absolute Gasteiger partial charge is 0.748 e. The normalized spacial score (nSPS) is 13.8. The maximum Gasteiger partial charge on any atom is 1.00 e. The molecule has 4 nitrogen and oxygen atoms in total. The summed E-state index contributed by atoms with van der Waals surface area (Å²) in [5.41, 5.74) is 0. The van der Waals surface area contributed by atoms with Crippen LogP contribution >= 0.6 is 0 Å². The van der Waals surface area contributed by atoms with Gasteiger partial charge >= 0.3 is 29.6 Å². The second kappa shape index (κ2) is 22.1. The van der Waals surface area contributed by atoms with Crippen LogP contribution in [0.25, 0.3) is 0 Å². The van der Waals surface area contributed by atoms with Crippen molar-refractivity contribution in [2.24, 2.45) is 0 Å². The quantitative estimate of drug-likeness (QED) is 0.167. The Morgan fingerprint density at radius 2 is 0.966 bits per heavy atom. The SMILES string of the molecule is CCCCCCCCC(CCCCCCCCCC(O)CCCC)S(=O)(=O)[O-].[Na+]. The van der Waals surface area contributed by atoms with Crippen LogP contribution in [-0.2, 0) is 10.1 Å². The molecule has 1 N–H and O–H groups in total. The van der Waals surface area contributed by atoms with Gasteiger partial charge in [0.1, 0.15) is 0 Å². The van der Waals surface area contributed by atoms with Gasteiger partial charge in [0.2, 0.25) is 0 Å². The van der Waals surface area contributed by atoms with Gasteiger partial charge < -0.3 is 9.66 Å². The Hall–Kier alpha value is 0.870. The van der Waals surface area contributed by atoms with Crippen LogP contribution in [0, 0.1) is 0 Å². The molecule has 0 radical (unpaired) electrons. The van der Waals surface area contributed by atoms with E-state index in [-0.39, 0.29) is 35.7 Å². The summed E-state index contributed by atoms with van der Waals surface area (Å²) >= 11 is 0. The van der Waals surface area contributed by atoms with E-state index >= 15 is 0 Å². The maximum atomic E-state index is 11.5. The first kappa shape index (κ1) is 32.1. The minimum atomic E-state index is -4.16. The molecule has 0 fully saturated rings. The number of hydrogen-bond acceptors (Lipinski definition) is 4. The van der Waals surface area contributed by atoms with Crippen molar-refractivity contribution in [1.82, 2.24) is 0 Å². The second-order valence-electron chi connectivity index (χ2n) is 8.52. The topological polar surface area (TPSA) is 77.4 Å². The molecule has 0 amide bonds. The van der Waals surface area contributed by atoms with Crippen LogP contribution < -0.4 is 29.6 Å². The molecule has 170 valence electrons. The van der Waals surface area contributed by atoms with Crippen LogP contribution in [0.4, 0.5) is 0 Å². The fraction of sp³-hybridized carbons (Fsp3) is 1.00. The maximum absolute atomic E-state index is 11.5. The molecule has 0 rings (SSSR count). The first-order valence-corrected chi connectivity index (χ1v) is 13.5. The van der Waals surface area contributed by atoms with Gasteiger partial charge in [-0.3, -0.25) is 0 Å². The zero-order valence-corrected chi connectivity index (χ0v) is 22.5. The molecule has 0 aromatic rings. The minimum absolute atomic E-state index is 0. The average Bonchev–Trinajstić information content (AvgIpc) is 2.64. The van der Waals surface area contributed by atoms with Gasteiger partial charge in [-0.1, -0.05) is 110 Å². The average molecular weight is 443 g/mol. The first-order valence-electron chi connectivity index (χ1n) is 12.0. The molecule has 0 saturated carbocycles. The largest absolute Gasteiger partial charge is 1.00 e. The molecule has 0 bridgehead atoms. The van der Waals surface area contributed by atoms with Crippen LogP contribution in [-0.4, -0.2) is 29.4 Å². The van der Waals surface area contributed by atoms with E-state index in [0.717, 1.165) is 77.0 Å². The van der Waals surface area contributed by atoms with E-state index in [9.17, 15) is 18.1 Å². The Morgan fingerprint density at radius 3 is 1.38 bits per heavy atom. The van der Waals surface area contributed by atoms with Gasteiger partial charge in [0.05, 0.1) is 16.2 Å². The van der Waals surface area contributed by atoms with Crippen LogP contribution in [0.1, 0.15) is 136 Å². The molecule has 2 atom stereocenters. The molecule has 0 heterocycles. The molecule has 0 aliphatic rings. The Balaban J connectivity index is 0. The van der Waals surface area contributed by atoms with Crippen LogP contribution in [0.5, 0.6) is 0 Å². The zero-order valence-electron chi connectivity index (χ0n) is 19.7. The van der Waals surface area contributed by atoms with Crippen molar-refractivity contribution in [3.05, 3.63) is 0 Å². The summed E-state index contributed by atoms with van der Waals surface area (Å²) in [5, 5.41) is 9.13. The molecular formula is C23H47NaO4S. The Morgan fingerprint density at radius 1 is 0.621 bits per heavy atom. The van der Waals surface area contributed by atoms with Gasteiger partial charge in [-0.05, 0) is 25.7 Å². The molecule has 0 aliphatic carbocycles. The van der Waals surface area contributed by atoms with Gasteiger partial charge in [-0.25, -0.2) is 8.42 Å². The Bertz CT molecular complexity index is 429. The molecule has 0 aliphatic heterocycles. The number of rotatable bonds is 21. The first-order chi connectivity index (χ1) is 13.4. The second-order valence-corrected chi connectivity index (χ2v) is 10.2. The summed E-state index contributed by atoms with van der Waals surface area (Å²) in [6.07, 6.45) is 19.3. The third kappa shape index (κ3) is 21.9. The molecule has 29 heavy (non-hydrogen) atoms. The fourth-order valence-corrected chi connectivity index (χ4v) is 4.72. The van der Waals surface area contributed by atoms with E-state index in [1.807, 2.05) is 0 Å². The molecule has 0 aromatic carbocycles. The van der Waals surface area contributed by atoms with Crippen LogP contribution in [0.15, 0.2) is 0 Å². The van der Waals surface area contributed by atoms with E-state index < -0.39 is 15.4 Å². The summed E-state index contributed by atoms with van der Waals surface area (Å²) in [5.74, 6) is 0. The minimum Gasteiger partial charge on any atom is -0.748 e. The van der Waals surface area contributed by atoms with Crippen molar-refractivity contribution >= 4 is 10.1 Å². The monoisotopic (exact) mass is 442 g/mol. The fourth-order valence-electron chi connectivity index (χ4n) is 3.81. The van der Waals surface area contributed by atoms with E-state index in [1.54, 1.807) is 0 Å². The third-order valence-corrected chi connectivity index (χ3v) is 7.03. The summed E-state index contributed by atoms with van der Waals surface area (Å²) in [4.78, 5) is 0. The van der Waals surface area contributed by atoms with Crippen molar-refractivity contribution in [2.75, 3.05) is 0 Å². The van der Waals surface area contributed by atoms with Crippen molar-refractivity contribution < 1.29 is 47.6 Å². The van der Waals surface area contributed by atoms with Gasteiger partial charge in [-0.15, -0.1) is 0 Å². The van der Waals surface area contributed by atoms with Crippen molar-refractivity contribution in [3.63, 3.8) is 0 Å². The standard InChI is InChI=1S/C23H48O4S.Na/c1-3-5-7-8-13-16-20-23(28(25,26)27)21-17-14-11-9-10-12-15-19-22(24)18-6-4-2;/h22-24H,3-21H2,1-2H3,(H,25,26,27);/q;+1/p-1. The molecule has 0 aromatic heterocycles. The Labute approximate surface area is 204 Å². The molecule has 0 spiro atoms. The van der Waals surface area contributed by atoms with Gasteiger partial charge in [0.15, 0.2) is 0 Å². The van der Waals surface area contributed by atoms with Crippen molar-refractivity contribution in [2.45, 2.75) is 147 Å². The molecule has 0 saturated heterocycles. The third-order valence-electron chi connectivity index (χ3n) is 5.74. The van der Waals surface area contributed by atoms with Gasteiger partial charge in [0, 0.05) is 5.25 Å². The molecule has 2 unspecified atom stereocenters. The van der Waals surface area contributed by atoms with E-state index in [0.29, 0.717) is 12.8 Å². The number of unbranched alkanes of at least 4 members (excludes halogenated alkanes) is 12. The number of aliphatic hydroxyl groups is 1. The summed E-state index contributed by atoms with van der Waals surface area (Å²) in [7, 11) is -4.16. The Kier molecular flexibility index (Phi) is 24.4. The van der Waals surface area contributed by atoms with Crippen LogP contribution in [0.2, 0.25) is 0 Å². The molecular weight excluding hydrogens is 395 g/mol. The van der Waals surface area contributed by atoms with Crippen LogP contribution in [0.3, 0.4) is 0 Å². The van der Waals surface area contributed by atoms with E-state index in [4.69, 9.17) is 0 Å². The number of aliphatic hydroxyl groups excluding tert-OH is 1. The van der Waals surface area contributed by atoms with Gasteiger partial charge in [0.25, 0.3) is 0 Å². The number of hydrogen-bond donors (Lipinski definition) is 1. The zero-order chi connectivity index (χ0) is 21.1.